The average Bonchev–Trinajstić information content (AvgIpc) is 3.42. The molecule has 1 aromatic heterocycles. The van der Waals surface area contributed by atoms with E-state index in [0.717, 1.165) is 44.5 Å². The van der Waals surface area contributed by atoms with Crippen LogP contribution in [0.1, 0.15) is 10.4 Å². The number of anilines is 2. The summed E-state index contributed by atoms with van der Waals surface area (Å²) in [6.07, 6.45) is 0. The molecule has 2 amide bonds. The maximum atomic E-state index is 12.8. The first-order chi connectivity index (χ1) is 18.4. The molecule has 1 N–H and O–H groups in total. The van der Waals surface area contributed by atoms with Crippen LogP contribution in [0.3, 0.4) is 0 Å². The molecule has 0 radical (unpaired) electrons. The summed E-state index contributed by atoms with van der Waals surface area (Å²) >= 11 is 12.3. The maximum Gasteiger partial charge on any atom is 0.254 e. The van der Waals surface area contributed by atoms with Crippen molar-refractivity contribution in [2.75, 3.05) is 42.1 Å². The molecule has 0 bridgehead atoms. The van der Waals surface area contributed by atoms with Crippen molar-refractivity contribution >= 4 is 73.8 Å². The summed E-state index contributed by atoms with van der Waals surface area (Å²) in [5.41, 5.74) is 4.40. The second kappa shape index (κ2) is 12.3. The molecule has 4 aromatic rings. The van der Waals surface area contributed by atoms with Crippen molar-refractivity contribution in [3.05, 3.63) is 93.2 Å². The summed E-state index contributed by atoms with van der Waals surface area (Å²) in [4.78, 5) is 34.1. The minimum Gasteiger partial charge on any atom is -0.368 e. The lowest BCUT2D eigenvalue weighted by Crippen LogP contribution is -2.48. The van der Waals surface area contributed by atoms with Crippen molar-refractivity contribution in [3.8, 4) is 11.3 Å². The van der Waals surface area contributed by atoms with Gasteiger partial charge < -0.3 is 15.1 Å². The third-order valence-electron chi connectivity index (χ3n) is 6.10. The topological polar surface area (TPSA) is 65.5 Å². The van der Waals surface area contributed by atoms with Gasteiger partial charge in [-0.15, -0.1) is 11.3 Å². The van der Waals surface area contributed by atoms with Crippen molar-refractivity contribution in [1.29, 1.82) is 0 Å². The highest BCUT2D eigenvalue weighted by molar-refractivity contribution is 9.10. The summed E-state index contributed by atoms with van der Waals surface area (Å²) in [6.45, 7) is 2.84. The van der Waals surface area contributed by atoms with Gasteiger partial charge in [0, 0.05) is 63.6 Å². The summed E-state index contributed by atoms with van der Waals surface area (Å²) in [6, 6.07) is 22.9. The zero-order valence-corrected chi connectivity index (χ0v) is 24.2. The second-order valence-electron chi connectivity index (χ2n) is 8.68. The molecule has 0 unspecified atom stereocenters. The Hall–Kier alpha value is -2.85. The number of piperazine rings is 1. The van der Waals surface area contributed by atoms with E-state index < -0.39 is 0 Å². The van der Waals surface area contributed by atoms with Gasteiger partial charge in [0.05, 0.1) is 11.4 Å². The summed E-state index contributed by atoms with van der Waals surface area (Å²) in [7, 11) is 0. The van der Waals surface area contributed by atoms with E-state index >= 15 is 0 Å². The Morgan fingerprint density at radius 2 is 1.74 bits per heavy atom. The third kappa shape index (κ3) is 6.77. The molecule has 6 nitrogen and oxygen atoms in total. The summed E-state index contributed by atoms with van der Waals surface area (Å²) in [5, 5.41) is 5.63. The fourth-order valence-electron chi connectivity index (χ4n) is 4.13. The van der Waals surface area contributed by atoms with Crippen LogP contribution in [0.2, 0.25) is 5.02 Å². The van der Waals surface area contributed by atoms with E-state index in [-0.39, 0.29) is 17.6 Å². The van der Waals surface area contributed by atoms with Gasteiger partial charge in [0.15, 0.2) is 4.34 Å². The van der Waals surface area contributed by atoms with Gasteiger partial charge in [0.2, 0.25) is 5.91 Å². The van der Waals surface area contributed by atoms with E-state index in [1.165, 1.54) is 23.1 Å². The van der Waals surface area contributed by atoms with Crippen LogP contribution in [0.5, 0.6) is 0 Å². The van der Waals surface area contributed by atoms with Crippen LogP contribution in [0.25, 0.3) is 11.3 Å². The third-order valence-corrected chi connectivity index (χ3v) is 8.87. The Balaban J connectivity index is 1.09. The van der Waals surface area contributed by atoms with Gasteiger partial charge in [0.1, 0.15) is 0 Å². The predicted molar refractivity (Wildman–Crippen MR) is 161 cm³/mol. The van der Waals surface area contributed by atoms with Crippen LogP contribution in [-0.4, -0.2) is 53.6 Å². The number of nitrogens with one attached hydrogen (secondary N) is 1. The first-order valence-corrected chi connectivity index (χ1v) is 15.0. The van der Waals surface area contributed by atoms with Crippen LogP contribution < -0.4 is 10.2 Å². The van der Waals surface area contributed by atoms with E-state index in [1.54, 1.807) is 0 Å². The van der Waals surface area contributed by atoms with Gasteiger partial charge in [-0.3, -0.25) is 9.59 Å². The number of nitrogens with zero attached hydrogens (tertiary/aromatic N) is 3. The molecule has 0 atom stereocenters. The highest BCUT2D eigenvalue weighted by Crippen LogP contribution is 2.29. The van der Waals surface area contributed by atoms with Crippen molar-refractivity contribution in [2.24, 2.45) is 0 Å². The van der Waals surface area contributed by atoms with E-state index in [4.69, 9.17) is 11.6 Å². The molecule has 0 aliphatic carbocycles. The van der Waals surface area contributed by atoms with Crippen LogP contribution in [0, 0.1) is 0 Å². The fourth-order valence-corrected chi connectivity index (χ4v) is 6.29. The highest BCUT2D eigenvalue weighted by atomic mass is 79.9. The molecule has 0 spiro atoms. The first kappa shape index (κ1) is 26.7. The second-order valence-corrected chi connectivity index (χ2v) is 12.1. The normalized spacial score (nSPS) is 13.4. The predicted octanol–water partition coefficient (Wildman–Crippen LogP) is 6.92. The minimum absolute atomic E-state index is 0.0563. The molecular formula is C28H24BrClN4O2S2. The SMILES string of the molecule is O=C(CSc1nc(-c2ccc(Cl)cc2)cs1)Nc1ccc(N2CCN(C(=O)c3cccc(Br)c3)CC2)cc1. The molecule has 38 heavy (non-hydrogen) atoms. The molecule has 2 heterocycles. The number of halogens is 2. The molecule has 0 saturated carbocycles. The number of amides is 2. The monoisotopic (exact) mass is 626 g/mol. The van der Waals surface area contributed by atoms with Crippen molar-refractivity contribution in [1.82, 2.24) is 9.88 Å². The average molecular weight is 628 g/mol. The quantitative estimate of drug-likeness (QED) is 0.226. The zero-order valence-electron chi connectivity index (χ0n) is 20.3. The number of carbonyl (C=O) groups excluding carboxylic acids is 2. The number of carbonyl (C=O) groups is 2. The molecular weight excluding hydrogens is 604 g/mol. The van der Waals surface area contributed by atoms with Gasteiger partial charge in [-0.05, 0) is 54.6 Å². The molecule has 1 aliphatic heterocycles. The summed E-state index contributed by atoms with van der Waals surface area (Å²) in [5.74, 6) is 0.259. The van der Waals surface area contributed by atoms with Gasteiger partial charge in [-0.2, -0.15) is 0 Å². The van der Waals surface area contributed by atoms with Gasteiger partial charge in [0.25, 0.3) is 5.91 Å². The number of aromatic nitrogens is 1. The number of thioether (sulfide) groups is 1. The van der Waals surface area contributed by atoms with E-state index in [2.05, 4.69) is 31.1 Å². The Bertz CT molecular complexity index is 1420. The van der Waals surface area contributed by atoms with Crippen LogP contribution in [0.15, 0.2) is 87.0 Å². The molecule has 10 heteroatoms. The number of thiazole rings is 1. The lowest BCUT2D eigenvalue weighted by molar-refractivity contribution is -0.113. The van der Waals surface area contributed by atoms with Gasteiger partial charge >= 0.3 is 0 Å². The van der Waals surface area contributed by atoms with Gasteiger partial charge in [-0.25, -0.2) is 4.98 Å². The Morgan fingerprint density at radius 1 is 1.00 bits per heavy atom. The number of hydrogen-bond acceptors (Lipinski definition) is 6. The standard InChI is InChI=1S/C28H24BrClN4O2S2/c29-21-3-1-2-20(16-21)27(36)34-14-12-33(13-15-34)24-10-8-23(9-11-24)31-26(35)18-38-28-32-25(17-37-28)19-4-6-22(30)7-5-19/h1-11,16-17H,12-15,18H2,(H,31,35). The molecule has 1 saturated heterocycles. The largest absolute Gasteiger partial charge is 0.368 e. The van der Waals surface area contributed by atoms with Crippen LogP contribution in [0.4, 0.5) is 11.4 Å². The first-order valence-electron chi connectivity index (χ1n) is 12.0. The smallest absolute Gasteiger partial charge is 0.254 e. The van der Waals surface area contributed by atoms with E-state index in [1.807, 2.05) is 83.1 Å². The lowest BCUT2D eigenvalue weighted by atomic mass is 10.1. The highest BCUT2D eigenvalue weighted by Gasteiger charge is 2.22. The van der Waals surface area contributed by atoms with Crippen LogP contribution >= 0.6 is 50.6 Å². The minimum atomic E-state index is -0.0781. The molecule has 1 aliphatic rings. The summed E-state index contributed by atoms with van der Waals surface area (Å²) < 4.78 is 1.75. The van der Waals surface area contributed by atoms with E-state index in [9.17, 15) is 9.59 Å². The lowest BCUT2D eigenvalue weighted by Gasteiger charge is -2.36. The fraction of sp³-hybridized carbons (Fsp3) is 0.179. The van der Waals surface area contributed by atoms with Crippen LogP contribution in [-0.2, 0) is 4.79 Å². The molecule has 194 valence electrons. The number of rotatable bonds is 7. The molecule has 1 fully saturated rings. The van der Waals surface area contributed by atoms with Crippen molar-refractivity contribution in [3.63, 3.8) is 0 Å². The zero-order chi connectivity index (χ0) is 26.5. The maximum absolute atomic E-state index is 12.8. The molecule has 5 rings (SSSR count). The number of hydrogen-bond donors (Lipinski definition) is 1. The number of benzene rings is 3. The van der Waals surface area contributed by atoms with Crippen molar-refractivity contribution < 1.29 is 9.59 Å². The Morgan fingerprint density at radius 3 is 2.45 bits per heavy atom. The van der Waals surface area contributed by atoms with Gasteiger partial charge in [-0.1, -0.05) is 57.5 Å². The van der Waals surface area contributed by atoms with E-state index in [0.29, 0.717) is 23.7 Å². The van der Waals surface area contributed by atoms with Crippen molar-refractivity contribution in [2.45, 2.75) is 4.34 Å². The Labute approximate surface area is 243 Å². The Kier molecular flexibility index (Phi) is 8.68. The molecule has 3 aromatic carbocycles.